The first kappa shape index (κ1) is 11.1. The molecule has 0 amide bonds. The lowest BCUT2D eigenvalue weighted by atomic mass is 9.98. The molecule has 0 aliphatic carbocycles. The van der Waals surface area contributed by atoms with Crippen LogP contribution in [0.5, 0.6) is 0 Å². The summed E-state index contributed by atoms with van der Waals surface area (Å²) in [6.07, 6.45) is 3.59. The zero-order valence-corrected chi connectivity index (χ0v) is 10.6. The Morgan fingerprint density at radius 3 is 2.81 bits per heavy atom. The van der Waals surface area contributed by atoms with Crippen LogP contribution in [0.2, 0.25) is 0 Å². The van der Waals surface area contributed by atoms with Crippen molar-refractivity contribution >= 4 is 17.0 Å². The standard InChI is InChI=1S/C11H16N4S/c1-11(2,3)10-15-9(7-16-10)4-12-8-5-13-14-6-8/h5-7,12H,4H2,1-3H3,(H,13,14). The van der Waals surface area contributed by atoms with Gasteiger partial charge in [0, 0.05) is 17.0 Å². The van der Waals surface area contributed by atoms with Gasteiger partial charge in [-0.3, -0.25) is 5.10 Å². The van der Waals surface area contributed by atoms with Gasteiger partial charge < -0.3 is 5.32 Å². The highest BCUT2D eigenvalue weighted by Gasteiger charge is 2.17. The molecule has 0 saturated carbocycles. The second kappa shape index (κ2) is 4.25. The van der Waals surface area contributed by atoms with E-state index in [1.165, 1.54) is 5.01 Å². The fourth-order valence-corrected chi connectivity index (χ4v) is 2.18. The normalized spacial score (nSPS) is 11.7. The molecule has 0 saturated heterocycles. The Labute approximate surface area is 99.1 Å². The van der Waals surface area contributed by atoms with Crippen LogP contribution in [0.3, 0.4) is 0 Å². The zero-order chi connectivity index (χ0) is 11.6. The molecule has 0 bridgehead atoms. The minimum Gasteiger partial charge on any atom is -0.377 e. The number of rotatable bonds is 3. The van der Waals surface area contributed by atoms with E-state index >= 15 is 0 Å². The van der Waals surface area contributed by atoms with Gasteiger partial charge in [0.15, 0.2) is 0 Å². The number of H-pyrrole nitrogens is 1. The highest BCUT2D eigenvalue weighted by molar-refractivity contribution is 7.09. The molecule has 2 rings (SSSR count). The third-order valence-corrected chi connectivity index (χ3v) is 3.48. The minimum atomic E-state index is 0.137. The molecule has 0 atom stereocenters. The average Bonchev–Trinajstić information content (AvgIpc) is 2.85. The van der Waals surface area contributed by atoms with Gasteiger partial charge in [-0.05, 0) is 0 Å². The van der Waals surface area contributed by atoms with Crippen molar-refractivity contribution in [3.05, 3.63) is 28.5 Å². The molecule has 86 valence electrons. The molecule has 2 heterocycles. The molecule has 0 radical (unpaired) electrons. The maximum Gasteiger partial charge on any atom is 0.0982 e. The van der Waals surface area contributed by atoms with E-state index in [4.69, 9.17) is 0 Å². The molecule has 0 aromatic carbocycles. The maximum atomic E-state index is 4.61. The molecule has 2 aromatic rings. The van der Waals surface area contributed by atoms with E-state index in [1.807, 2.05) is 6.20 Å². The average molecular weight is 236 g/mol. The largest absolute Gasteiger partial charge is 0.377 e. The van der Waals surface area contributed by atoms with E-state index < -0.39 is 0 Å². The maximum absolute atomic E-state index is 4.61. The number of thiazole rings is 1. The van der Waals surface area contributed by atoms with Crippen molar-refractivity contribution < 1.29 is 0 Å². The molecule has 0 aliphatic heterocycles. The van der Waals surface area contributed by atoms with Crippen molar-refractivity contribution in [2.24, 2.45) is 0 Å². The van der Waals surface area contributed by atoms with Crippen LogP contribution in [-0.4, -0.2) is 15.2 Å². The first-order chi connectivity index (χ1) is 7.55. The lowest BCUT2D eigenvalue weighted by Crippen LogP contribution is -2.11. The SMILES string of the molecule is CC(C)(C)c1nc(CNc2cn[nH]c2)cs1. The Bertz CT molecular complexity index is 439. The Morgan fingerprint density at radius 2 is 2.25 bits per heavy atom. The van der Waals surface area contributed by atoms with Gasteiger partial charge in [-0.25, -0.2) is 4.98 Å². The molecule has 4 nitrogen and oxygen atoms in total. The molecule has 16 heavy (non-hydrogen) atoms. The second-order valence-corrected chi connectivity index (χ2v) is 5.59. The van der Waals surface area contributed by atoms with Crippen LogP contribution in [0.25, 0.3) is 0 Å². The van der Waals surface area contributed by atoms with Gasteiger partial charge in [-0.2, -0.15) is 5.10 Å². The molecule has 0 fully saturated rings. The Balaban J connectivity index is 1.98. The number of nitrogens with zero attached hydrogens (tertiary/aromatic N) is 2. The highest BCUT2D eigenvalue weighted by Crippen LogP contribution is 2.25. The zero-order valence-electron chi connectivity index (χ0n) is 9.74. The third kappa shape index (κ3) is 2.61. The van der Waals surface area contributed by atoms with Crippen LogP contribution in [-0.2, 0) is 12.0 Å². The highest BCUT2D eigenvalue weighted by atomic mass is 32.1. The van der Waals surface area contributed by atoms with Crippen molar-refractivity contribution in [3.8, 4) is 0 Å². The summed E-state index contributed by atoms with van der Waals surface area (Å²) in [5.74, 6) is 0. The predicted octanol–water partition coefficient (Wildman–Crippen LogP) is 2.78. The van der Waals surface area contributed by atoms with Crippen LogP contribution in [0, 0.1) is 0 Å². The molecule has 2 aromatic heterocycles. The first-order valence-corrected chi connectivity index (χ1v) is 6.11. The summed E-state index contributed by atoms with van der Waals surface area (Å²) < 4.78 is 0. The summed E-state index contributed by atoms with van der Waals surface area (Å²) in [7, 11) is 0. The van der Waals surface area contributed by atoms with Gasteiger partial charge in [-0.15, -0.1) is 11.3 Å². The molecular weight excluding hydrogens is 220 g/mol. The van der Waals surface area contributed by atoms with E-state index in [-0.39, 0.29) is 5.41 Å². The smallest absolute Gasteiger partial charge is 0.0982 e. The summed E-state index contributed by atoms with van der Waals surface area (Å²) in [6, 6.07) is 0. The Hall–Kier alpha value is -1.36. The number of aromatic amines is 1. The summed E-state index contributed by atoms with van der Waals surface area (Å²) in [5.41, 5.74) is 2.21. The van der Waals surface area contributed by atoms with Crippen molar-refractivity contribution in [1.82, 2.24) is 15.2 Å². The first-order valence-electron chi connectivity index (χ1n) is 5.23. The summed E-state index contributed by atoms with van der Waals surface area (Å²) >= 11 is 1.72. The molecule has 0 spiro atoms. The van der Waals surface area contributed by atoms with E-state index in [0.29, 0.717) is 0 Å². The Morgan fingerprint density at radius 1 is 1.44 bits per heavy atom. The van der Waals surface area contributed by atoms with Gasteiger partial charge in [0.1, 0.15) is 0 Å². The van der Waals surface area contributed by atoms with Crippen molar-refractivity contribution in [3.63, 3.8) is 0 Å². The molecule has 2 N–H and O–H groups in total. The summed E-state index contributed by atoms with van der Waals surface area (Å²) in [5, 5.41) is 13.2. The van der Waals surface area contributed by atoms with E-state index in [1.54, 1.807) is 17.5 Å². The van der Waals surface area contributed by atoms with Gasteiger partial charge in [0.2, 0.25) is 0 Å². The predicted molar refractivity (Wildman–Crippen MR) is 66.7 cm³/mol. The summed E-state index contributed by atoms with van der Waals surface area (Å²) in [6.45, 7) is 7.28. The Kier molecular flexibility index (Phi) is 2.96. The van der Waals surface area contributed by atoms with E-state index in [0.717, 1.165) is 17.9 Å². The topological polar surface area (TPSA) is 53.6 Å². The lowest BCUT2D eigenvalue weighted by molar-refractivity contribution is 0.583. The number of hydrogen-bond donors (Lipinski definition) is 2. The number of anilines is 1. The lowest BCUT2D eigenvalue weighted by Gasteiger charge is -2.13. The van der Waals surface area contributed by atoms with Gasteiger partial charge in [-0.1, -0.05) is 20.8 Å². The molecule has 5 heteroatoms. The molecular formula is C11H16N4S. The van der Waals surface area contributed by atoms with E-state index in [2.05, 4.69) is 46.6 Å². The quantitative estimate of drug-likeness (QED) is 0.861. The van der Waals surface area contributed by atoms with Crippen LogP contribution in [0.15, 0.2) is 17.8 Å². The van der Waals surface area contributed by atoms with Crippen LogP contribution >= 0.6 is 11.3 Å². The molecule has 0 unspecified atom stereocenters. The fourth-order valence-electron chi connectivity index (χ4n) is 1.27. The van der Waals surface area contributed by atoms with Crippen LogP contribution < -0.4 is 5.32 Å². The summed E-state index contributed by atoms with van der Waals surface area (Å²) in [4.78, 5) is 4.61. The monoisotopic (exact) mass is 236 g/mol. The number of aromatic nitrogens is 3. The van der Waals surface area contributed by atoms with Crippen molar-refractivity contribution in [1.29, 1.82) is 0 Å². The van der Waals surface area contributed by atoms with Crippen LogP contribution in [0.1, 0.15) is 31.5 Å². The minimum absolute atomic E-state index is 0.137. The molecule has 0 aliphatic rings. The number of hydrogen-bond acceptors (Lipinski definition) is 4. The van der Waals surface area contributed by atoms with E-state index in [9.17, 15) is 0 Å². The third-order valence-electron chi connectivity index (χ3n) is 2.17. The van der Waals surface area contributed by atoms with Crippen molar-refractivity contribution in [2.75, 3.05) is 5.32 Å². The van der Waals surface area contributed by atoms with Gasteiger partial charge in [0.05, 0.1) is 29.1 Å². The van der Waals surface area contributed by atoms with Gasteiger partial charge in [0.25, 0.3) is 0 Å². The van der Waals surface area contributed by atoms with Crippen LogP contribution in [0.4, 0.5) is 5.69 Å². The fraction of sp³-hybridized carbons (Fsp3) is 0.455. The second-order valence-electron chi connectivity index (χ2n) is 4.73. The number of nitrogens with one attached hydrogen (secondary N) is 2. The van der Waals surface area contributed by atoms with Gasteiger partial charge >= 0.3 is 0 Å². The van der Waals surface area contributed by atoms with Crippen molar-refractivity contribution in [2.45, 2.75) is 32.7 Å².